The Hall–Kier alpha value is -3.41. The Labute approximate surface area is 176 Å². The second-order valence-corrected chi connectivity index (χ2v) is 7.76. The summed E-state index contributed by atoms with van der Waals surface area (Å²) >= 11 is 0. The number of rotatable bonds is 3. The predicted octanol–water partition coefficient (Wildman–Crippen LogP) is 3.40. The Bertz CT molecular complexity index is 1030. The van der Waals surface area contributed by atoms with Gasteiger partial charge in [-0.25, -0.2) is 9.97 Å². The molecule has 2 aliphatic rings. The lowest BCUT2D eigenvalue weighted by Gasteiger charge is -2.36. The maximum absolute atomic E-state index is 13.2. The highest BCUT2D eigenvalue weighted by Crippen LogP contribution is 2.28. The van der Waals surface area contributed by atoms with E-state index in [1.807, 2.05) is 35.2 Å². The SMILES string of the molecule is O=C(c1cc(N2CCN(c3ccccc3)CC2)ncn1)N1CCCc2ccccc21. The molecule has 0 spiro atoms. The van der Waals surface area contributed by atoms with Crippen LogP contribution in [-0.4, -0.2) is 48.6 Å². The number of amides is 1. The number of anilines is 3. The van der Waals surface area contributed by atoms with Gasteiger partial charge < -0.3 is 14.7 Å². The van der Waals surface area contributed by atoms with E-state index in [0.717, 1.165) is 57.1 Å². The molecule has 1 aromatic heterocycles. The summed E-state index contributed by atoms with van der Waals surface area (Å²) in [6.45, 7) is 4.32. The lowest BCUT2D eigenvalue weighted by atomic mass is 10.0. The number of hydrogen-bond acceptors (Lipinski definition) is 5. The third-order valence-corrected chi connectivity index (χ3v) is 5.95. The minimum atomic E-state index is -0.0475. The van der Waals surface area contributed by atoms with E-state index in [4.69, 9.17) is 0 Å². The summed E-state index contributed by atoms with van der Waals surface area (Å²) in [6.07, 6.45) is 3.50. The molecule has 2 aliphatic heterocycles. The van der Waals surface area contributed by atoms with Gasteiger partial charge in [-0.05, 0) is 36.6 Å². The molecular weight excluding hydrogens is 374 g/mol. The third-order valence-electron chi connectivity index (χ3n) is 5.95. The van der Waals surface area contributed by atoms with E-state index >= 15 is 0 Å². The van der Waals surface area contributed by atoms with Crippen molar-refractivity contribution >= 4 is 23.1 Å². The van der Waals surface area contributed by atoms with Crippen molar-refractivity contribution in [1.82, 2.24) is 9.97 Å². The van der Waals surface area contributed by atoms with Crippen LogP contribution in [0.3, 0.4) is 0 Å². The molecule has 2 aromatic carbocycles. The summed E-state index contributed by atoms with van der Waals surface area (Å²) in [7, 11) is 0. The molecule has 3 aromatic rings. The standard InChI is InChI=1S/C24H25N5O/c30-24(29-12-6-8-19-7-4-5-11-22(19)29)21-17-23(26-18-25-21)28-15-13-27(14-16-28)20-9-2-1-3-10-20/h1-5,7,9-11,17-18H,6,8,12-16H2. The molecule has 152 valence electrons. The molecule has 0 radical (unpaired) electrons. The zero-order valence-electron chi connectivity index (χ0n) is 16.9. The summed E-state index contributed by atoms with van der Waals surface area (Å²) in [6, 6.07) is 20.5. The summed E-state index contributed by atoms with van der Waals surface area (Å²) in [5, 5.41) is 0. The molecule has 30 heavy (non-hydrogen) atoms. The third kappa shape index (κ3) is 3.61. The molecule has 5 rings (SSSR count). The molecule has 0 saturated carbocycles. The predicted molar refractivity (Wildman–Crippen MR) is 119 cm³/mol. The van der Waals surface area contributed by atoms with E-state index in [0.29, 0.717) is 5.69 Å². The summed E-state index contributed by atoms with van der Waals surface area (Å²) in [5.74, 6) is 0.778. The van der Waals surface area contributed by atoms with Gasteiger partial charge in [0.2, 0.25) is 0 Å². The number of fused-ring (bicyclic) bond motifs is 1. The fourth-order valence-corrected chi connectivity index (χ4v) is 4.35. The molecule has 0 N–H and O–H groups in total. The minimum Gasteiger partial charge on any atom is -0.368 e. The van der Waals surface area contributed by atoms with E-state index in [2.05, 4.69) is 50.1 Å². The molecule has 3 heterocycles. The largest absolute Gasteiger partial charge is 0.368 e. The zero-order chi connectivity index (χ0) is 20.3. The lowest BCUT2D eigenvalue weighted by Crippen LogP contribution is -2.47. The van der Waals surface area contributed by atoms with Crippen molar-refractivity contribution in [2.75, 3.05) is 47.4 Å². The number of benzene rings is 2. The Morgan fingerprint density at radius 1 is 0.800 bits per heavy atom. The van der Waals surface area contributed by atoms with Crippen molar-refractivity contribution in [2.24, 2.45) is 0 Å². The first-order chi connectivity index (χ1) is 14.8. The van der Waals surface area contributed by atoms with Crippen LogP contribution in [-0.2, 0) is 6.42 Å². The van der Waals surface area contributed by atoms with E-state index < -0.39 is 0 Å². The first-order valence-corrected chi connectivity index (χ1v) is 10.6. The van der Waals surface area contributed by atoms with Gasteiger partial charge >= 0.3 is 0 Å². The highest BCUT2D eigenvalue weighted by atomic mass is 16.2. The van der Waals surface area contributed by atoms with Crippen molar-refractivity contribution in [1.29, 1.82) is 0 Å². The minimum absolute atomic E-state index is 0.0475. The molecule has 1 amide bonds. The number of carbonyl (C=O) groups is 1. The Morgan fingerprint density at radius 2 is 1.53 bits per heavy atom. The van der Waals surface area contributed by atoms with Crippen LogP contribution in [0.4, 0.5) is 17.2 Å². The van der Waals surface area contributed by atoms with Crippen LogP contribution in [0.2, 0.25) is 0 Å². The van der Waals surface area contributed by atoms with Gasteiger partial charge in [0.05, 0.1) is 0 Å². The van der Waals surface area contributed by atoms with Crippen molar-refractivity contribution in [2.45, 2.75) is 12.8 Å². The van der Waals surface area contributed by atoms with Crippen LogP contribution in [0.1, 0.15) is 22.5 Å². The fourth-order valence-electron chi connectivity index (χ4n) is 4.35. The Balaban J connectivity index is 1.31. The number of carbonyl (C=O) groups excluding carboxylic acids is 1. The van der Waals surface area contributed by atoms with Gasteiger partial charge in [-0.1, -0.05) is 36.4 Å². The molecule has 6 heteroatoms. The summed E-state index contributed by atoms with van der Waals surface area (Å²) in [5.41, 5.74) is 3.94. The van der Waals surface area contributed by atoms with Crippen LogP contribution in [0.5, 0.6) is 0 Å². The molecular formula is C24H25N5O. The molecule has 6 nitrogen and oxygen atoms in total. The monoisotopic (exact) mass is 399 g/mol. The van der Waals surface area contributed by atoms with Gasteiger partial charge in [0.15, 0.2) is 0 Å². The molecule has 0 atom stereocenters. The van der Waals surface area contributed by atoms with Crippen LogP contribution < -0.4 is 14.7 Å². The van der Waals surface area contributed by atoms with Crippen LogP contribution in [0.15, 0.2) is 67.0 Å². The Kier molecular flexibility index (Phi) is 5.05. The summed E-state index contributed by atoms with van der Waals surface area (Å²) < 4.78 is 0. The van der Waals surface area contributed by atoms with Crippen LogP contribution in [0, 0.1) is 0 Å². The maximum atomic E-state index is 13.2. The first kappa shape index (κ1) is 18.6. The molecule has 0 unspecified atom stereocenters. The molecule has 0 aliphatic carbocycles. The van der Waals surface area contributed by atoms with Crippen LogP contribution in [0.25, 0.3) is 0 Å². The average molecular weight is 399 g/mol. The molecule has 1 fully saturated rings. The van der Waals surface area contributed by atoms with Crippen molar-refractivity contribution in [3.63, 3.8) is 0 Å². The number of hydrogen-bond donors (Lipinski definition) is 0. The van der Waals surface area contributed by atoms with Crippen molar-refractivity contribution in [3.8, 4) is 0 Å². The molecule has 1 saturated heterocycles. The smallest absolute Gasteiger partial charge is 0.277 e. The number of para-hydroxylation sites is 2. The van der Waals surface area contributed by atoms with Gasteiger partial charge in [-0.3, -0.25) is 4.79 Å². The number of nitrogens with zero attached hydrogens (tertiary/aromatic N) is 5. The summed E-state index contributed by atoms with van der Waals surface area (Å²) in [4.78, 5) is 28.5. The zero-order valence-corrected chi connectivity index (χ0v) is 16.9. The Morgan fingerprint density at radius 3 is 2.37 bits per heavy atom. The van der Waals surface area contributed by atoms with Gasteiger partial charge in [0.1, 0.15) is 17.8 Å². The second kappa shape index (κ2) is 8.14. The van der Waals surface area contributed by atoms with Gasteiger partial charge in [0, 0.05) is 50.2 Å². The van der Waals surface area contributed by atoms with Crippen molar-refractivity contribution < 1.29 is 4.79 Å². The van der Waals surface area contributed by atoms with Gasteiger partial charge in [0.25, 0.3) is 5.91 Å². The second-order valence-electron chi connectivity index (χ2n) is 7.76. The van der Waals surface area contributed by atoms with E-state index in [1.165, 1.54) is 17.6 Å². The van der Waals surface area contributed by atoms with E-state index in [9.17, 15) is 4.79 Å². The fraction of sp³-hybridized carbons (Fsp3) is 0.292. The average Bonchev–Trinajstić information content (AvgIpc) is 2.84. The highest BCUT2D eigenvalue weighted by Gasteiger charge is 2.25. The number of piperazine rings is 1. The number of aryl methyl sites for hydroxylation is 1. The van der Waals surface area contributed by atoms with Gasteiger partial charge in [-0.15, -0.1) is 0 Å². The topological polar surface area (TPSA) is 52.6 Å². The maximum Gasteiger partial charge on any atom is 0.277 e. The van der Waals surface area contributed by atoms with E-state index in [1.54, 1.807) is 0 Å². The van der Waals surface area contributed by atoms with E-state index in [-0.39, 0.29) is 5.91 Å². The lowest BCUT2D eigenvalue weighted by molar-refractivity contribution is 0.0980. The number of aromatic nitrogens is 2. The first-order valence-electron chi connectivity index (χ1n) is 10.6. The highest BCUT2D eigenvalue weighted by molar-refractivity contribution is 6.05. The normalized spacial score (nSPS) is 16.3. The quantitative estimate of drug-likeness (QED) is 0.676. The van der Waals surface area contributed by atoms with Crippen molar-refractivity contribution in [3.05, 3.63) is 78.2 Å². The molecule has 0 bridgehead atoms. The van der Waals surface area contributed by atoms with Gasteiger partial charge in [-0.2, -0.15) is 0 Å². The van der Waals surface area contributed by atoms with Crippen LogP contribution >= 0.6 is 0 Å².